The predicted octanol–water partition coefficient (Wildman–Crippen LogP) is 2.04. The molecular weight excluding hydrogens is 307 g/mol. The number of amides is 1. The number of carbonyl (C=O) groups is 1. The third-order valence-electron chi connectivity index (χ3n) is 5.07. The molecular formula is C18H27FN4O. The summed E-state index contributed by atoms with van der Waals surface area (Å²) in [6, 6.07) is 4.94. The first-order chi connectivity index (χ1) is 11.7. The summed E-state index contributed by atoms with van der Waals surface area (Å²) in [6.45, 7) is 5.40. The average Bonchev–Trinajstić information content (AvgIpc) is 3.14. The molecule has 0 bridgehead atoms. The number of piperazine rings is 1. The minimum atomic E-state index is -0.423. The van der Waals surface area contributed by atoms with E-state index in [1.807, 2.05) is 6.07 Å². The zero-order valence-corrected chi connectivity index (χ0v) is 14.2. The van der Waals surface area contributed by atoms with Gasteiger partial charge in [-0.3, -0.25) is 9.69 Å². The van der Waals surface area contributed by atoms with Gasteiger partial charge in [-0.1, -0.05) is 18.9 Å². The summed E-state index contributed by atoms with van der Waals surface area (Å²) in [5.74, 6) is 0.799. The van der Waals surface area contributed by atoms with Gasteiger partial charge in [0, 0.05) is 38.6 Å². The molecule has 0 spiro atoms. The number of nitrogens with zero attached hydrogens (tertiary/aromatic N) is 3. The number of pyridine rings is 1. The van der Waals surface area contributed by atoms with Gasteiger partial charge in [0.2, 0.25) is 11.9 Å². The highest BCUT2D eigenvalue weighted by Crippen LogP contribution is 2.24. The summed E-state index contributed by atoms with van der Waals surface area (Å²) < 4.78 is 13.2. The molecule has 0 radical (unpaired) electrons. The fraction of sp³-hybridized carbons (Fsp3) is 0.667. The van der Waals surface area contributed by atoms with Gasteiger partial charge in [0.25, 0.3) is 0 Å². The van der Waals surface area contributed by atoms with Crippen molar-refractivity contribution in [1.82, 2.24) is 15.2 Å². The molecule has 1 N–H and O–H groups in total. The van der Waals surface area contributed by atoms with Crippen molar-refractivity contribution < 1.29 is 9.18 Å². The van der Waals surface area contributed by atoms with Crippen molar-refractivity contribution in [3.05, 3.63) is 24.1 Å². The Morgan fingerprint density at radius 3 is 2.67 bits per heavy atom. The quantitative estimate of drug-likeness (QED) is 0.639. The highest BCUT2D eigenvalue weighted by atomic mass is 19.1. The second-order valence-electron chi connectivity index (χ2n) is 6.77. The molecule has 1 aliphatic heterocycles. The van der Waals surface area contributed by atoms with Gasteiger partial charge < -0.3 is 10.2 Å². The number of halogens is 1. The zero-order valence-electron chi connectivity index (χ0n) is 14.2. The van der Waals surface area contributed by atoms with E-state index < -0.39 is 5.95 Å². The first-order valence-electron chi connectivity index (χ1n) is 9.10. The third-order valence-corrected chi connectivity index (χ3v) is 5.07. The lowest BCUT2D eigenvalue weighted by atomic mass is 10.1. The second kappa shape index (κ2) is 8.42. The highest BCUT2D eigenvalue weighted by Gasteiger charge is 2.22. The molecule has 1 saturated carbocycles. The van der Waals surface area contributed by atoms with Gasteiger partial charge in [-0.05, 0) is 37.9 Å². The smallest absolute Gasteiger partial charge is 0.223 e. The Bertz CT molecular complexity index is 540. The fourth-order valence-corrected chi connectivity index (χ4v) is 3.62. The number of hydrogen-bond acceptors (Lipinski definition) is 4. The molecule has 1 amide bonds. The molecule has 6 heteroatoms. The van der Waals surface area contributed by atoms with Gasteiger partial charge in [-0.2, -0.15) is 4.39 Å². The van der Waals surface area contributed by atoms with E-state index in [2.05, 4.69) is 20.1 Å². The summed E-state index contributed by atoms with van der Waals surface area (Å²) in [5, 5.41) is 3.08. The van der Waals surface area contributed by atoms with E-state index >= 15 is 0 Å². The molecule has 2 aliphatic rings. The summed E-state index contributed by atoms with van der Waals surface area (Å²) in [6.07, 6.45) is 5.49. The Balaban J connectivity index is 1.32. The van der Waals surface area contributed by atoms with Gasteiger partial charge in [0.1, 0.15) is 5.82 Å². The Morgan fingerprint density at radius 1 is 1.21 bits per heavy atom. The molecule has 3 rings (SSSR count). The molecule has 24 heavy (non-hydrogen) atoms. The molecule has 132 valence electrons. The molecule has 1 aromatic rings. The second-order valence-corrected chi connectivity index (χ2v) is 6.77. The van der Waals surface area contributed by atoms with Crippen molar-refractivity contribution in [1.29, 1.82) is 0 Å². The maximum Gasteiger partial charge on any atom is 0.223 e. The highest BCUT2D eigenvalue weighted by molar-refractivity contribution is 5.78. The van der Waals surface area contributed by atoms with Crippen LogP contribution in [-0.4, -0.2) is 55.1 Å². The lowest BCUT2D eigenvalue weighted by molar-refractivity contribution is -0.124. The van der Waals surface area contributed by atoms with E-state index in [9.17, 15) is 9.18 Å². The zero-order chi connectivity index (χ0) is 16.8. The number of aromatic nitrogens is 1. The van der Waals surface area contributed by atoms with Gasteiger partial charge in [0.05, 0.1) is 0 Å². The minimum Gasteiger partial charge on any atom is -0.356 e. The number of nitrogens with one attached hydrogen (secondary N) is 1. The van der Waals surface area contributed by atoms with Crippen LogP contribution >= 0.6 is 0 Å². The first kappa shape index (κ1) is 17.1. The van der Waals surface area contributed by atoms with Crippen LogP contribution in [0.25, 0.3) is 0 Å². The summed E-state index contributed by atoms with van der Waals surface area (Å²) in [4.78, 5) is 20.4. The molecule has 1 aliphatic carbocycles. The monoisotopic (exact) mass is 334 g/mol. The van der Waals surface area contributed by atoms with E-state index in [1.165, 1.54) is 18.9 Å². The Hall–Kier alpha value is -1.69. The van der Waals surface area contributed by atoms with Gasteiger partial charge >= 0.3 is 0 Å². The van der Waals surface area contributed by atoms with E-state index in [0.717, 1.165) is 64.3 Å². The number of carbonyl (C=O) groups excluding carboxylic acids is 1. The van der Waals surface area contributed by atoms with Gasteiger partial charge in [-0.25, -0.2) is 4.98 Å². The first-order valence-corrected chi connectivity index (χ1v) is 9.10. The molecule has 0 aromatic carbocycles. The molecule has 5 nitrogen and oxygen atoms in total. The van der Waals surface area contributed by atoms with Gasteiger partial charge in [0.15, 0.2) is 0 Å². The van der Waals surface area contributed by atoms with Crippen LogP contribution in [0, 0.1) is 11.9 Å². The largest absolute Gasteiger partial charge is 0.356 e. The Labute approximate surface area is 143 Å². The van der Waals surface area contributed by atoms with Crippen molar-refractivity contribution in [3.8, 4) is 0 Å². The van der Waals surface area contributed by atoms with E-state index in [1.54, 1.807) is 6.07 Å². The van der Waals surface area contributed by atoms with Gasteiger partial charge in [-0.15, -0.1) is 0 Å². The number of rotatable bonds is 6. The van der Waals surface area contributed by atoms with Crippen molar-refractivity contribution >= 4 is 11.7 Å². The predicted molar refractivity (Wildman–Crippen MR) is 92.4 cm³/mol. The van der Waals surface area contributed by atoms with Crippen LogP contribution in [0.1, 0.15) is 32.1 Å². The maximum absolute atomic E-state index is 13.2. The number of anilines is 1. The topological polar surface area (TPSA) is 48.5 Å². The van der Waals surface area contributed by atoms with Crippen molar-refractivity contribution in [2.45, 2.75) is 32.1 Å². The van der Waals surface area contributed by atoms with E-state index in [0.29, 0.717) is 0 Å². The van der Waals surface area contributed by atoms with E-state index in [-0.39, 0.29) is 11.8 Å². The SMILES string of the molecule is O=C(NCCCN1CCN(c2cccc(F)n2)CC1)C1CCCC1. The summed E-state index contributed by atoms with van der Waals surface area (Å²) >= 11 is 0. The molecule has 1 aromatic heterocycles. The summed E-state index contributed by atoms with van der Waals surface area (Å²) in [7, 11) is 0. The van der Waals surface area contributed by atoms with Crippen molar-refractivity contribution in [2.24, 2.45) is 5.92 Å². The minimum absolute atomic E-state index is 0.245. The maximum atomic E-state index is 13.2. The van der Waals surface area contributed by atoms with E-state index in [4.69, 9.17) is 0 Å². The molecule has 2 heterocycles. The van der Waals surface area contributed by atoms with Crippen molar-refractivity contribution in [3.63, 3.8) is 0 Å². The lowest BCUT2D eigenvalue weighted by Crippen LogP contribution is -2.47. The Kier molecular flexibility index (Phi) is 6.01. The van der Waals surface area contributed by atoms with Crippen LogP contribution in [0.5, 0.6) is 0 Å². The van der Waals surface area contributed by atoms with Crippen LogP contribution in [0.3, 0.4) is 0 Å². The number of hydrogen-bond donors (Lipinski definition) is 1. The summed E-state index contributed by atoms with van der Waals surface area (Å²) in [5.41, 5.74) is 0. The van der Waals surface area contributed by atoms with Crippen LogP contribution in [0.15, 0.2) is 18.2 Å². The molecule has 2 fully saturated rings. The lowest BCUT2D eigenvalue weighted by Gasteiger charge is -2.35. The fourth-order valence-electron chi connectivity index (χ4n) is 3.62. The van der Waals surface area contributed by atoms with Crippen molar-refractivity contribution in [2.75, 3.05) is 44.2 Å². The van der Waals surface area contributed by atoms with Crippen LogP contribution in [0.2, 0.25) is 0 Å². The molecule has 0 atom stereocenters. The molecule has 1 saturated heterocycles. The average molecular weight is 334 g/mol. The third kappa shape index (κ3) is 4.66. The normalized spacial score (nSPS) is 19.6. The van der Waals surface area contributed by atoms with Crippen LogP contribution < -0.4 is 10.2 Å². The Morgan fingerprint density at radius 2 is 1.96 bits per heavy atom. The van der Waals surface area contributed by atoms with Crippen LogP contribution in [0.4, 0.5) is 10.2 Å². The molecule has 0 unspecified atom stereocenters. The standard InChI is InChI=1S/C18H27FN4O/c19-16-7-3-8-17(21-16)23-13-11-22(12-14-23)10-4-9-20-18(24)15-5-1-2-6-15/h3,7-8,15H,1-2,4-6,9-14H2,(H,20,24). The van der Waals surface area contributed by atoms with Crippen LogP contribution in [-0.2, 0) is 4.79 Å².